The lowest BCUT2D eigenvalue weighted by Gasteiger charge is -2.08. The summed E-state index contributed by atoms with van der Waals surface area (Å²) in [4.78, 5) is 17.2. The van der Waals surface area contributed by atoms with Gasteiger partial charge in [-0.3, -0.25) is 14.4 Å². The van der Waals surface area contributed by atoms with Crippen molar-refractivity contribution in [3.8, 4) is 5.88 Å². The van der Waals surface area contributed by atoms with Crippen LogP contribution in [0, 0.1) is 3.95 Å². The third-order valence-corrected chi connectivity index (χ3v) is 6.82. The molecule has 0 atom stereocenters. The lowest BCUT2D eigenvalue weighted by molar-refractivity contribution is -0.116. The smallest absolute Gasteiger partial charge is 0.244 e. The summed E-state index contributed by atoms with van der Waals surface area (Å²) in [6.07, 6.45) is 3.50. The second kappa shape index (κ2) is 8.19. The Morgan fingerprint density at radius 3 is 2.65 bits per heavy atom. The maximum atomic E-state index is 12.4. The fourth-order valence-electron chi connectivity index (χ4n) is 3.02. The molecule has 1 aliphatic heterocycles. The number of benzene rings is 2. The average Bonchev–Trinajstić information content (AvgIpc) is 3.24. The normalized spacial score (nSPS) is 14.0. The first-order valence-corrected chi connectivity index (χ1v) is 11.7. The molecular formula is C20H16N4O4S3. The molecule has 158 valence electrons. The number of nitrogens with zero attached hydrogens (tertiary/aromatic N) is 2. The molecule has 0 saturated carbocycles. The third kappa shape index (κ3) is 4.49. The van der Waals surface area contributed by atoms with Crippen LogP contribution in [0.15, 0.2) is 58.4 Å². The van der Waals surface area contributed by atoms with Crippen molar-refractivity contribution in [2.75, 3.05) is 5.32 Å². The minimum Gasteiger partial charge on any atom is -0.493 e. The quantitative estimate of drug-likeness (QED) is 0.490. The summed E-state index contributed by atoms with van der Waals surface area (Å²) in [5, 5.41) is 18.3. The highest BCUT2D eigenvalue weighted by Gasteiger charge is 2.17. The van der Waals surface area contributed by atoms with E-state index >= 15 is 0 Å². The molecule has 1 aliphatic rings. The van der Waals surface area contributed by atoms with Gasteiger partial charge in [-0.1, -0.05) is 18.2 Å². The van der Waals surface area contributed by atoms with Crippen molar-refractivity contribution in [2.24, 2.45) is 10.1 Å². The maximum Gasteiger partial charge on any atom is 0.244 e. The number of rotatable bonds is 5. The number of carbonyl (C=O) groups is 1. The van der Waals surface area contributed by atoms with Crippen molar-refractivity contribution in [2.45, 2.75) is 11.4 Å². The molecule has 2 heterocycles. The number of thiazole rings is 1. The molecule has 4 N–H and O–H groups in total. The van der Waals surface area contributed by atoms with Gasteiger partial charge in [0.15, 0.2) is 3.95 Å². The molecule has 4 rings (SSSR count). The number of aromatic hydroxyl groups is 1. The summed E-state index contributed by atoms with van der Waals surface area (Å²) < 4.78 is 24.3. The molecule has 1 aromatic heterocycles. The standard InChI is InChI=1S/C20H16N4O4S3/c21-31(27,28)14-7-5-13(6-8-14)23-18(25)11-24-19(26)17(30-20(24)29)9-12-10-22-16-4-2-1-3-15(12)16/h1-10,26H,11H2,(H,23,25)(H2,21,27,28)/b12-9+. The largest absolute Gasteiger partial charge is 0.493 e. The minimum absolute atomic E-state index is 0.0575. The Kier molecular flexibility index (Phi) is 5.58. The second-order valence-corrected chi connectivity index (χ2v) is 9.87. The van der Waals surface area contributed by atoms with Crippen LogP contribution >= 0.6 is 23.6 Å². The topological polar surface area (TPSA) is 127 Å². The number of fused-ring (bicyclic) bond motifs is 1. The molecule has 0 unspecified atom stereocenters. The predicted molar refractivity (Wildman–Crippen MR) is 124 cm³/mol. The fourth-order valence-corrected chi connectivity index (χ4v) is 4.79. The predicted octanol–water partition coefficient (Wildman–Crippen LogP) is 3.53. The summed E-state index contributed by atoms with van der Waals surface area (Å²) in [5.74, 6) is -0.542. The number of hydrogen-bond donors (Lipinski definition) is 3. The molecule has 2 aromatic carbocycles. The van der Waals surface area contributed by atoms with Crippen LogP contribution in [0.3, 0.4) is 0 Å². The Labute approximate surface area is 187 Å². The monoisotopic (exact) mass is 472 g/mol. The zero-order valence-corrected chi connectivity index (χ0v) is 18.3. The average molecular weight is 473 g/mol. The zero-order chi connectivity index (χ0) is 22.2. The van der Waals surface area contributed by atoms with E-state index in [1.54, 1.807) is 12.3 Å². The number of primary sulfonamides is 1. The van der Waals surface area contributed by atoms with Crippen LogP contribution in [0.1, 0.15) is 10.4 Å². The van der Waals surface area contributed by atoms with Crippen molar-refractivity contribution >= 4 is 68.7 Å². The molecule has 11 heteroatoms. The van der Waals surface area contributed by atoms with E-state index in [9.17, 15) is 18.3 Å². The van der Waals surface area contributed by atoms with Crippen LogP contribution in [0.4, 0.5) is 11.4 Å². The Hall–Kier alpha value is -3.12. The SMILES string of the molecule is NS(=O)(=O)c1ccc(NC(=O)Cn2c(O)c(/C=C3\C=Nc4ccccc43)sc2=S)cc1. The number of hydrogen-bond acceptors (Lipinski definition) is 7. The molecule has 0 radical (unpaired) electrons. The Balaban J connectivity index is 1.52. The first-order valence-electron chi connectivity index (χ1n) is 8.93. The Bertz CT molecular complexity index is 1400. The van der Waals surface area contributed by atoms with E-state index in [1.807, 2.05) is 24.3 Å². The highest BCUT2D eigenvalue weighted by molar-refractivity contribution is 7.89. The molecule has 0 bridgehead atoms. The third-order valence-electron chi connectivity index (χ3n) is 4.51. The summed E-state index contributed by atoms with van der Waals surface area (Å²) in [7, 11) is -3.81. The summed E-state index contributed by atoms with van der Waals surface area (Å²) >= 11 is 6.50. The van der Waals surface area contributed by atoms with Gasteiger partial charge in [0.1, 0.15) is 6.54 Å². The number of nitrogens with one attached hydrogen (secondary N) is 1. The first-order chi connectivity index (χ1) is 14.7. The Morgan fingerprint density at radius 2 is 1.94 bits per heavy atom. The lowest BCUT2D eigenvalue weighted by atomic mass is 10.1. The highest BCUT2D eigenvalue weighted by atomic mass is 32.2. The minimum atomic E-state index is -3.81. The highest BCUT2D eigenvalue weighted by Crippen LogP contribution is 2.35. The first kappa shape index (κ1) is 21.1. The van der Waals surface area contributed by atoms with Crippen molar-refractivity contribution < 1.29 is 18.3 Å². The van der Waals surface area contributed by atoms with Crippen LogP contribution in [0.2, 0.25) is 0 Å². The number of aliphatic imine (C=N–C) groups is 1. The van der Waals surface area contributed by atoms with Gasteiger partial charge in [0, 0.05) is 23.0 Å². The van der Waals surface area contributed by atoms with E-state index in [0.29, 0.717) is 14.5 Å². The summed E-state index contributed by atoms with van der Waals surface area (Å²) in [6.45, 7) is -0.202. The van der Waals surface area contributed by atoms with Crippen LogP contribution in [-0.2, 0) is 21.4 Å². The van der Waals surface area contributed by atoms with Gasteiger partial charge in [0.25, 0.3) is 0 Å². The van der Waals surface area contributed by atoms with Crippen molar-refractivity contribution in [3.05, 3.63) is 62.9 Å². The number of carbonyl (C=O) groups excluding carboxylic acids is 1. The van der Waals surface area contributed by atoms with Crippen molar-refractivity contribution in [1.29, 1.82) is 0 Å². The molecule has 0 saturated heterocycles. The number of nitrogens with two attached hydrogens (primary N) is 1. The molecule has 1 amide bonds. The van der Waals surface area contributed by atoms with Gasteiger partial charge in [0.05, 0.1) is 15.5 Å². The number of sulfonamides is 1. The van der Waals surface area contributed by atoms with E-state index in [-0.39, 0.29) is 17.3 Å². The van der Waals surface area contributed by atoms with Gasteiger partial charge in [-0.25, -0.2) is 13.6 Å². The lowest BCUT2D eigenvalue weighted by Crippen LogP contribution is -2.18. The van der Waals surface area contributed by atoms with Gasteiger partial charge < -0.3 is 10.4 Å². The molecule has 3 aromatic rings. The van der Waals surface area contributed by atoms with Crippen LogP contribution in [0.25, 0.3) is 11.6 Å². The van der Waals surface area contributed by atoms with Gasteiger partial charge in [-0.15, -0.1) is 11.3 Å². The molecule has 31 heavy (non-hydrogen) atoms. The number of allylic oxidation sites excluding steroid dienone is 1. The molecule has 0 fully saturated rings. The number of para-hydroxylation sites is 1. The molecular weight excluding hydrogens is 456 g/mol. The van der Waals surface area contributed by atoms with E-state index in [2.05, 4.69) is 10.3 Å². The number of aromatic nitrogens is 1. The summed E-state index contributed by atoms with van der Waals surface area (Å²) in [5.41, 5.74) is 3.03. The van der Waals surface area contributed by atoms with Crippen LogP contribution < -0.4 is 10.5 Å². The van der Waals surface area contributed by atoms with E-state index in [4.69, 9.17) is 17.4 Å². The van der Waals surface area contributed by atoms with Gasteiger partial charge >= 0.3 is 0 Å². The van der Waals surface area contributed by atoms with E-state index < -0.39 is 15.9 Å². The number of amides is 1. The van der Waals surface area contributed by atoms with Gasteiger partial charge in [0.2, 0.25) is 21.8 Å². The fraction of sp³-hybridized carbons (Fsp3) is 0.0500. The van der Waals surface area contributed by atoms with Gasteiger partial charge in [-0.2, -0.15) is 0 Å². The zero-order valence-electron chi connectivity index (χ0n) is 15.8. The molecule has 0 aliphatic carbocycles. The van der Waals surface area contributed by atoms with E-state index in [1.165, 1.54) is 40.2 Å². The summed E-state index contributed by atoms with van der Waals surface area (Å²) in [6, 6.07) is 13.1. The maximum absolute atomic E-state index is 12.4. The number of anilines is 1. The van der Waals surface area contributed by atoms with Gasteiger partial charge in [-0.05, 0) is 48.6 Å². The molecule has 8 nitrogen and oxygen atoms in total. The van der Waals surface area contributed by atoms with E-state index in [0.717, 1.165) is 16.8 Å². The second-order valence-electron chi connectivity index (χ2n) is 6.63. The molecule has 0 spiro atoms. The van der Waals surface area contributed by atoms with Crippen molar-refractivity contribution in [3.63, 3.8) is 0 Å². The van der Waals surface area contributed by atoms with Crippen molar-refractivity contribution in [1.82, 2.24) is 4.57 Å². The Morgan fingerprint density at radius 1 is 1.23 bits per heavy atom. The van der Waals surface area contributed by atoms with Crippen LogP contribution in [0.5, 0.6) is 5.88 Å². The van der Waals surface area contributed by atoms with Crippen LogP contribution in [-0.4, -0.2) is 30.2 Å².